The van der Waals surface area contributed by atoms with Gasteiger partial charge in [-0.25, -0.2) is 0 Å². The summed E-state index contributed by atoms with van der Waals surface area (Å²) in [6.07, 6.45) is 4.79. The van der Waals surface area contributed by atoms with E-state index in [-0.39, 0.29) is 0 Å². The lowest BCUT2D eigenvalue weighted by Gasteiger charge is -1.99. The van der Waals surface area contributed by atoms with Gasteiger partial charge in [-0.1, -0.05) is 86.6 Å². The molecule has 0 unspecified atom stereocenters. The van der Waals surface area contributed by atoms with Crippen molar-refractivity contribution < 1.29 is 0 Å². The van der Waals surface area contributed by atoms with E-state index in [2.05, 4.69) is 82.9 Å². The second kappa shape index (κ2) is 18.6. The van der Waals surface area contributed by atoms with Crippen LogP contribution in [0.4, 0.5) is 0 Å². The van der Waals surface area contributed by atoms with Gasteiger partial charge >= 0.3 is 0 Å². The highest BCUT2D eigenvalue weighted by molar-refractivity contribution is 7.80. The molecule has 0 saturated carbocycles. The van der Waals surface area contributed by atoms with Crippen molar-refractivity contribution >= 4 is 12.6 Å². The summed E-state index contributed by atoms with van der Waals surface area (Å²) in [5, 5.41) is 0.528. The Labute approximate surface area is 180 Å². The fraction of sp³-hybridized carbons (Fsp3) is 0.520. The van der Waals surface area contributed by atoms with Crippen LogP contribution >= 0.6 is 12.6 Å². The molecule has 3 heteroatoms. The summed E-state index contributed by atoms with van der Waals surface area (Å²) in [5.41, 5.74) is 2.72. The Morgan fingerprint density at radius 2 is 1.36 bits per heavy atom. The van der Waals surface area contributed by atoms with E-state index in [4.69, 9.17) is 0 Å². The van der Waals surface area contributed by atoms with E-state index < -0.39 is 0 Å². The van der Waals surface area contributed by atoms with Gasteiger partial charge in [-0.3, -0.25) is 9.97 Å². The minimum absolute atomic E-state index is 0.376. The molecule has 0 amide bonds. The van der Waals surface area contributed by atoms with Crippen molar-refractivity contribution in [3.05, 3.63) is 48.3 Å². The molecule has 0 aliphatic carbocycles. The topological polar surface area (TPSA) is 25.8 Å². The third kappa shape index (κ3) is 20.5. The maximum atomic E-state index is 4.31. The standard InChI is InChI=1S/C15H14N2.C4H10.C3H8S.C3H8/c1-12(2)6-7-13-8-10-17-15(11-13)14-5-3-4-9-16-14;1-4(2)3;1-3(2)4;1-3-2/h3-5,8-12H,1-2H3;4H,1-3H3;3-4H,1-2H3;3H2,1-2H3. The first-order chi connectivity index (χ1) is 13.1. The molecule has 2 nitrogen and oxygen atoms in total. The summed E-state index contributed by atoms with van der Waals surface area (Å²) < 4.78 is 0. The van der Waals surface area contributed by atoms with Gasteiger partial charge in [0.25, 0.3) is 0 Å². The maximum Gasteiger partial charge on any atom is 0.0898 e. The molecule has 2 rings (SSSR count). The summed E-state index contributed by atoms with van der Waals surface area (Å²) in [7, 11) is 0. The summed E-state index contributed by atoms with van der Waals surface area (Å²) in [5.74, 6) is 7.49. The highest BCUT2D eigenvalue weighted by Gasteiger charge is 1.99. The Kier molecular flexibility index (Phi) is 18.8. The third-order valence-electron chi connectivity index (χ3n) is 2.19. The summed E-state index contributed by atoms with van der Waals surface area (Å²) in [4.78, 5) is 8.58. The average molecular weight is 401 g/mol. The van der Waals surface area contributed by atoms with E-state index in [0.717, 1.165) is 22.9 Å². The van der Waals surface area contributed by atoms with Crippen molar-refractivity contribution in [2.75, 3.05) is 0 Å². The minimum atomic E-state index is 0.376. The van der Waals surface area contributed by atoms with Crippen LogP contribution in [0, 0.1) is 23.7 Å². The van der Waals surface area contributed by atoms with Gasteiger partial charge in [0.15, 0.2) is 0 Å². The fourth-order valence-corrected chi connectivity index (χ4v) is 1.39. The number of pyridine rings is 2. The molecule has 0 aromatic carbocycles. The van der Waals surface area contributed by atoms with Gasteiger partial charge in [0.1, 0.15) is 0 Å². The first-order valence-corrected chi connectivity index (χ1v) is 10.7. The average Bonchev–Trinajstić information content (AvgIpc) is 2.61. The molecule has 0 aliphatic rings. The molecule has 0 bridgehead atoms. The third-order valence-corrected chi connectivity index (χ3v) is 2.19. The van der Waals surface area contributed by atoms with Crippen LogP contribution in [0.15, 0.2) is 42.7 Å². The summed E-state index contributed by atoms with van der Waals surface area (Å²) in [6.45, 7) is 19.0. The van der Waals surface area contributed by atoms with Crippen LogP contribution in [0.3, 0.4) is 0 Å². The highest BCUT2D eigenvalue weighted by atomic mass is 32.1. The van der Waals surface area contributed by atoms with Crippen LogP contribution in [0.5, 0.6) is 0 Å². The van der Waals surface area contributed by atoms with Crippen molar-refractivity contribution in [3.63, 3.8) is 0 Å². The quantitative estimate of drug-likeness (QED) is 0.395. The maximum absolute atomic E-state index is 4.31. The largest absolute Gasteiger partial charge is 0.255 e. The van der Waals surface area contributed by atoms with Crippen LogP contribution in [0.25, 0.3) is 11.4 Å². The van der Waals surface area contributed by atoms with Crippen molar-refractivity contribution in [1.82, 2.24) is 9.97 Å². The molecule has 0 atom stereocenters. The van der Waals surface area contributed by atoms with E-state index in [1.165, 1.54) is 6.42 Å². The molecule has 28 heavy (non-hydrogen) atoms. The van der Waals surface area contributed by atoms with Crippen LogP contribution < -0.4 is 0 Å². The Morgan fingerprint density at radius 3 is 1.79 bits per heavy atom. The number of aromatic nitrogens is 2. The molecule has 0 spiro atoms. The van der Waals surface area contributed by atoms with Gasteiger partial charge in [0, 0.05) is 23.9 Å². The van der Waals surface area contributed by atoms with Crippen molar-refractivity contribution in [3.8, 4) is 23.2 Å². The molecule has 0 N–H and O–H groups in total. The number of thiol groups is 1. The van der Waals surface area contributed by atoms with Gasteiger partial charge in [-0.15, -0.1) is 0 Å². The van der Waals surface area contributed by atoms with Gasteiger partial charge in [0.05, 0.1) is 11.4 Å². The molecule has 2 aromatic heterocycles. The van der Waals surface area contributed by atoms with Crippen LogP contribution in [-0.4, -0.2) is 15.2 Å². The van der Waals surface area contributed by atoms with E-state index in [1.807, 2.05) is 44.2 Å². The van der Waals surface area contributed by atoms with E-state index in [1.54, 1.807) is 12.4 Å². The molecule has 2 aromatic rings. The number of nitrogens with zero attached hydrogens (tertiary/aromatic N) is 2. The monoisotopic (exact) mass is 400 g/mol. The van der Waals surface area contributed by atoms with Crippen LogP contribution in [0.1, 0.15) is 74.3 Å². The molecular weight excluding hydrogens is 360 g/mol. The normalized spacial score (nSPS) is 9.18. The molecule has 0 radical (unpaired) electrons. The second-order valence-corrected chi connectivity index (χ2v) is 8.63. The zero-order valence-corrected chi connectivity index (χ0v) is 20.2. The van der Waals surface area contributed by atoms with E-state index in [9.17, 15) is 0 Å². The number of rotatable bonds is 1. The summed E-state index contributed by atoms with van der Waals surface area (Å²) >= 11 is 3.97. The summed E-state index contributed by atoms with van der Waals surface area (Å²) in [6, 6.07) is 9.68. The molecule has 156 valence electrons. The van der Waals surface area contributed by atoms with Gasteiger partial charge in [-0.05, 0) is 35.4 Å². The first kappa shape index (κ1) is 28.4. The first-order valence-electron chi connectivity index (χ1n) is 10.2. The smallest absolute Gasteiger partial charge is 0.0898 e. The van der Waals surface area contributed by atoms with Crippen molar-refractivity contribution in [1.29, 1.82) is 0 Å². The van der Waals surface area contributed by atoms with Gasteiger partial charge in [0.2, 0.25) is 0 Å². The molecular formula is C25H40N2S. The zero-order valence-electron chi connectivity index (χ0n) is 19.3. The molecule has 2 heterocycles. The lowest BCUT2D eigenvalue weighted by molar-refractivity contribution is 0.737. The van der Waals surface area contributed by atoms with Crippen molar-refractivity contribution in [2.45, 2.75) is 74.0 Å². The zero-order chi connectivity index (χ0) is 21.9. The van der Waals surface area contributed by atoms with Crippen LogP contribution in [-0.2, 0) is 0 Å². The Morgan fingerprint density at radius 1 is 0.857 bits per heavy atom. The predicted molar refractivity (Wildman–Crippen MR) is 130 cm³/mol. The minimum Gasteiger partial charge on any atom is -0.255 e. The number of hydrogen-bond acceptors (Lipinski definition) is 3. The van der Waals surface area contributed by atoms with Crippen molar-refractivity contribution in [2.24, 2.45) is 11.8 Å². The molecule has 0 aliphatic heterocycles. The molecule has 0 fully saturated rings. The van der Waals surface area contributed by atoms with Gasteiger partial charge < -0.3 is 0 Å². The predicted octanol–water partition coefficient (Wildman–Crippen LogP) is 7.55. The number of hydrogen-bond donors (Lipinski definition) is 1. The highest BCUT2D eigenvalue weighted by Crippen LogP contribution is 2.14. The Hall–Kier alpha value is -1.79. The fourth-order valence-electron chi connectivity index (χ4n) is 1.39. The Bertz CT molecular complexity index is 641. The lowest BCUT2D eigenvalue weighted by Crippen LogP contribution is -1.87. The SMILES string of the molecule is CC(C)C.CC(C)C#Cc1ccnc(-c2ccccn2)c1.CC(C)S.CCC. The van der Waals surface area contributed by atoms with E-state index >= 15 is 0 Å². The second-order valence-electron chi connectivity index (χ2n) is 7.60. The molecule has 0 saturated heterocycles. The van der Waals surface area contributed by atoms with E-state index in [0.29, 0.717) is 11.2 Å². The van der Waals surface area contributed by atoms with Gasteiger partial charge in [-0.2, -0.15) is 12.6 Å². The lowest BCUT2D eigenvalue weighted by atomic mass is 10.1. The Balaban J connectivity index is 0. The van der Waals surface area contributed by atoms with Crippen LogP contribution in [0.2, 0.25) is 0 Å².